The molecule has 0 aliphatic carbocycles. The quantitative estimate of drug-likeness (QED) is 0.748. The fourth-order valence-electron chi connectivity index (χ4n) is 3.02. The van der Waals surface area contributed by atoms with Crippen LogP contribution in [0.1, 0.15) is 56.9 Å². The van der Waals surface area contributed by atoms with Gasteiger partial charge in [-0.3, -0.25) is 0 Å². The summed E-state index contributed by atoms with van der Waals surface area (Å²) in [5.41, 5.74) is 2.28. The van der Waals surface area contributed by atoms with E-state index >= 15 is 0 Å². The van der Waals surface area contributed by atoms with E-state index in [4.69, 9.17) is 4.42 Å². The lowest BCUT2D eigenvalue weighted by Crippen LogP contribution is -2.24. The summed E-state index contributed by atoms with van der Waals surface area (Å²) in [6, 6.07) is 8.91. The number of benzene rings is 1. The average Bonchev–Trinajstić information content (AvgIpc) is 2.85. The Kier molecular flexibility index (Phi) is 5.24. The van der Waals surface area contributed by atoms with Gasteiger partial charge in [-0.25, -0.2) is 0 Å². The minimum atomic E-state index is 0.319. The zero-order valence-corrected chi connectivity index (χ0v) is 13.2. The Morgan fingerprint density at radius 3 is 2.65 bits per heavy atom. The van der Waals surface area contributed by atoms with E-state index in [2.05, 4.69) is 50.4 Å². The summed E-state index contributed by atoms with van der Waals surface area (Å²) in [5.74, 6) is 1.72. The molecule has 1 heterocycles. The number of rotatable bonds is 7. The molecule has 0 saturated heterocycles. The second kappa shape index (κ2) is 6.94. The summed E-state index contributed by atoms with van der Waals surface area (Å²) in [4.78, 5) is 0. The van der Waals surface area contributed by atoms with E-state index < -0.39 is 0 Å². The molecule has 2 heteroatoms. The maximum Gasteiger partial charge on any atom is 0.134 e. The first kappa shape index (κ1) is 15.1. The number of nitrogens with one attached hydrogen (secondary N) is 1. The van der Waals surface area contributed by atoms with Crippen LogP contribution in [0.15, 0.2) is 28.7 Å². The molecule has 1 N–H and O–H groups in total. The molecule has 0 aliphatic rings. The van der Waals surface area contributed by atoms with Gasteiger partial charge in [0.2, 0.25) is 0 Å². The number of hydrogen-bond acceptors (Lipinski definition) is 2. The van der Waals surface area contributed by atoms with Gasteiger partial charge in [-0.15, -0.1) is 0 Å². The molecule has 0 spiro atoms. The molecule has 20 heavy (non-hydrogen) atoms. The average molecular weight is 273 g/mol. The molecule has 0 amide bonds. The van der Waals surface area contributed by atoms with E-state index in [0.717, 1.165) is 11.3 Å². The molecule has 2 atom stereocenters. The van der Waals surface area contributed by atoms with Crippen molar-refractivity contribution in [2.45, 2.75) is 52.5 Å². The van der Waals surface area contributed by atoms with Crippen molar-refractivity contribution in [2.75, 3.05) is 7.05 Å². The molecule has 2 aromatic rings. The highest BCUT2D eigenvalue weighted by molar-refractivity contribution is 5.78. The third kappa shape index (κ3) is 3.24. The number of fused-ring (bicyclic) bond motifs is 1. The number of hydrogen-bond donors (Lipinski definition) is 1. The Hall–Kier alpha value is -1.28. The van der Waals surface area contributed by atoms with Crippen molar-refractivity contribution in [2.24, 2.45) is 5.92 Å². The lowest BCUT2D eigenvalue weighted by molar-refractivity contribution is 0.301. The highest BCUT2D eigenvalue weighted by atomic mass is 16.3. The molecular formula is C18H27NO. The molecule has 0 aliphatic heterocycles. The third-order valence-corrected chi connectivity index (χ3v) is 4.23. The smallest absolute Gasteiger partial charge is 0.134 e. The number of furan rings is 1. The second-order valence-electron chi connectivity index (χ2n) is 5.77. The van der Waals surface area contributed by atoms with Crippen LogP contribution in [0.25, 0.3) is 11.0 Å². The van der Waals surface area contributed by atoms with Gasteiger partial charge in [-0.2, -0.15) is 0 Å². The van der Waals surface area contributed by atoms with Gasteiger partial charge in [-0.1, -0.05) is 44.7 Å². The van der Waals surface area contributed by atoms with Gasteiger partial charge in [0, 0.05) is 5.39 Å². The van der Waals surface area contributed by atoms with Gasteiger partial charge in [0.25, 0.3) is 0 Å². The normalized spacial score (nSPS) is 14.6. The summed E-state index contributed by atoms with van der Waals surface area (Å²) in [7, 11) is 2.04. The van der Waals surface area contributed by atoms with E-state index in [0.29, 0.717) is 12.0 Å². The van der Waals surface area contributed by atoms with Crippen LogP contribution in [-0.2, 0) is 0 Å². The fraction of sp³-hybridized carbons (Fsp3) is 0.556. The van der Waals surface area contributed by atoms with Crippen molar-refractivity contribution in [1.29, 1.82) is 0 Å². The first-order valence-corrected chi connectivity index (χ1v) is 7.87. The summed E-state index contributed by atoms with van der Waals surface area (Å²) in [6.07, 6.45) is 4.98. The second-order valence-corrected chi connectivity index (χ2v) is 5.77. The Balaban J connectivity index is 2.27. The van der Waals surface area contributed by atoms with Crippen molar-refractivity contribution < 1.29 is 4.42 Å². The van der Waals surface area contributed by atoms with Crippen LogP contribution >= 0.6 is 0 Å². The largest absolute Gasteiger partial charge is 0.459 e. The molecule has 0 bridgehead atoms. The summed E-state index contributed by atoms with van der Waals surface area (Å²) >= 11 is 0. The minimum absolute atomic E-state index is 0.319. The van der Waals surface area contributed by atoms with Crippen LogP contribution in [0, 0.1) is 12.8 Å². The van der Waals surface area contributed by atoms with Gasteiger partial charge < -0.3 is 9.73 Å². The highest BCUT2D eigenvalue weighted by Crippen LogP contribution is 2.32. The molecule has 2 rings (SSSR count). The summed E-state index contributed by atoms with van der Waals surface area (Å²) in [5, 5.41) is 4.67. The molecular weight excluding hydrogens is 246 g/mol. The van der Waals surface area contributed by atoms with E-state index in [-0.39, 0.29) is 0 Å². The molecule has 1 aromatic heterocycles. The molecule has 1 aromatic carbocycles. The van der Waals surface area contributed by atoms with Crippen LogP contribution in [0.5, 0.6) is 0 Å². The van der Waals surface area contributed by atoms with Crippen LogP contribution in [-0.4, -0.2) is 7.05 Å². The summed E-state index contributed by atoms with van der Waals surface area (Å²) in [6.45, 7) is 6.65. The first-order chi connectivity index (χ1) is 9.69. The maximum absolute atomic E-state index is 6.08. The van der Waals surface area contributed by atoms with Gasteiger partial charge >= 0.3 is 0 Å². The fourth-order valence-corrected chi connectivity index (χ4v) is 3.02. The van der Waals surface area contributed by atoms with Crippen LogP contribution in [0.2, 0.25) is 0 Å². The lowest BCUT2D eigenvalue weighted by Gasteiger charge is -2.24. The lowest BCUT2D eigenvalue weighted by atomic mass is 9.90. The Labute approximate surface area is 122 Å². The zero-order chi connectivity index (χ0) is 14.5. The Morgan fingerprint density at radius 2 is 2.00 bits per heavy atom. The monoisotopic (exact) mass is 273 g/mol. The van der Waals surface area contributed by atoms with Crippen LogP contribution in [0.3, 0.4) is 0 Å². The van der Waals surface area contributed by atoms with E-state index in [1.165, 1.54) is 36.6 Å². The van der Waals surface area contributed by atoms with Gasteiger partial charge in [0.1, 0.15) is 11.3 Å². The van der Waals surface area contributed by atoms with Gasteiger partial charge in [0.15, 0.2) is 0 Å². The van der Waals surface area contributed by atoms with Gasteiger partial charge in [0.05, 0.1) is 6.04 Å². The van der Waals surface area contributed by atoms with E-state index in [9.17, 15) is 0 Å². The SMILES string of the molecule is CCCCC(CC)C(NC)c1cc2cc(C)ccc2o1. The van der Waals surface area contributed by atoms with Crippen LogP contribution in [0.4, 0.5) is 0 Å². The molecule has 2 nitrogen and oxygen atoms in total. The minimum Gasteiger partial charge on any atom is -0.459 e. The topological polar surface area (TPSA) is 25.2 Å². The van der Waals surface area contributed by atoms with E-state index in [1.54, 1.807) is 0 Å². The summed E-state index contributed by atoms with van der Waals surface area (Å²) < 4.78 is 6.08. The van der Waals surface area contributed by atoms with Crippen molar-refractivity contribution in [3.05, 3.63) is 35.6 Å². The predicted octanol–water partition coefficient (Wildman–Crippen LogP) is 5.22. The molecule has 0 fully saturated rings. The molecule has 0 saturated carbocycles. The standard InChI is InChI=1S/C18H27NO/c1-5-7-8-14(6-2)18(19-4)17-12-15-11-13(3)9-10-16(15)20-17/h9-12,14,18-19H,5-8H2,1-4H3. The zero-order valence-electron chi connectivity index (χ0n) is 13.2. The molecule has 2 unspecified atom stereocenters. The highest BCUT2D eigenvalue weighted by Gasteiger charge is 2.23. The van der Waals surface area contributed by atoms with Crippen LogP contribution < -0.4 is 5.32 Å². The van der Waals surface area contributed by atoms with Gasteiger partial charge in [-0.05, 0) is 44.5 Å². The maximum atomic E-state index is 6.08. The molecule has 0 radical (unpaired) electrons. The van der Waals surface area contributed by atoms with E-state index in [1.807, 2.05) is 7.05 Å². The van der Waals surface area contributed by atoms with Crippen molar-refractivity contribution in [3.63, 3.8) is 0 Å². The predicted molar refractivity (Wildman–Crippen MR) is 86.1 cm³/mol. The Morgan fingerprint density at radius 1 is 1.20 bits per heavy atom. The Bertz CT molecular complexity index is 543. The number of aryl methyl sites for hydroxylation is 1. The van der Waals surface area contributed by atoms with Crippen molar-refractivity contribution in [3.8, 4) is 0 Å². The third-order valence-electron chi connectivity index (χ3n) is 4.23. The first-order valence-electron chi connectivity index (χ1n) is 7.87. The van der Waals surface area contributed by atoms with Crippen molar-refractivity contribution >= 4 is 11.0 Å². The number of unbranched alkanes of at least 4 members (excludes halogenated alkanes) is 1. The van der Waals surface area contributed by atoms with Crippen molar-refractivity contribution in [1.82, 2.24) is 5.32 Å². The molecule has 110 valence electrons.